The molecule has 1 fully saturated rings. The largest absolute Gasteiger partial charge is 0.361 e. The highest BCUT2D eigenvalue weighted by Gasteiger charge is 2.34. The minimum absolute atomic E-state index is 0.0235. The molecular weight excluding hydrogens is 374 g/mol. The van der Waals surface area contributed by atoms with Gasteiger partial charge in [-0.15, -0.1) is 0 Å². The van der Waals surface area contributed by atoms with E-state index in [4.69, 9.17) is 11.6 Å². The van der Waals surface area contributed by atoms with Crippen molar-refractivity contribution < 1.29 is 9.59 Å². The third-order valence-electron chi connectivity index (χ3n) is 5.29. The number of carbonyl (C=O) groups excluding carboxylic acids is 2. The first-order valence-corrected chi connectivity index (χ1v) is 9.79. The van der Waals surface area contributed by atoms with Crippen LogP contribution in [0.5, 0.6) is 0 Å². The Morgan fingerprint density at radius 3 is 2.93 bits per heavy atom. The number of rotatable bonds is 5. The van der Waals surface area contributed by atoms with E-state index in [-0.39, 0.29) is 24.2 Å². The molecular formula is C22H22ClN3O2. The molecule has 3 aromatic rings. The molecule has 2 amide bonds. The number of fused-ring (bicyclic) bond motifs is 1. The van der Waals surface area contributed by atoms with Crippen LogP contribution in [0.1, 0.15) is 17.5 Å². The smallest absolute Gasteiger partial charge is 0.229 e. The standard InChI is InChI=1S/C22H22ClN3O2/c1-14-6-7-19-17(10-14)15(12-24-19)8-9-26-13-16(11-21(26)27)22(28)25-20-5-3-2-4-18(20)23/h2-7,10,12,16,24H,8-9,11,13H2,1H3,(H,25,28). The van der Waals surface area contributed by atoms with Crippen LogP contribution in [0.2, 0.25) is 5.02 Å². The SMILES string of the molecule is Cc1ccc2[nH]cc(CCN3CC(C(=O)Nc4ccccc4Cl)CC3=O)c2c1. The van der Waals surface area contributed by atoms with Gasteiger partial charge in [0.05, 0.1) is 16.6 Å². The van der Waals surface area contributed by atoms with Crippen LogP contribution in [0.15, 0.2) is 48.7 Å². The van der Waals surface area contributed by atoms with Gasteiger partial charge in [-0.25, -0.2) is 0 Å². The van der Waals surface area contributed by atoms with Gasteiger partial charge < -0.3 is 15.2 Å². The zero-order valence-corrected chi connectivity index (χ0v) is 16.4. The number of aromatic amines is 1. The van der Waals surface area contributed by atoms with E-state index < -0.39 is 0 Å². The number of likely N-dealkylation sites (tertiary alicyclic amines) is 1. The number of H-pyrrole nitrogens is 1. The Labute approximate surface area is 168 Å². The van der Waals surface area contributed by atoms with E-state index in [2.05, 4.69) is 35.4 Å². The van der Waals surface area contributed by atoms with E-state index in [0.717, 1.165) is 11.9 Å². The Balaban J connectivity index is 1.38. The van der Waals surface area contributed by atoms with Crippen LogP contribution in [0, 0.1) is 12.8 Å². The molecule has 1 aliphatic rings. The maximum Gasteiger partial charge on any atom is 0.229 e. The van der Waals surface area contributed by atoms with Crippen molar-refractivity contribution in [1.82, 2.24) is 9.88 Å². The first-order chi connectivity index (χ1) is 13.5. The molecule has 0 saturated carbocycles. The molecule has 1 aromatic heterocycles. The number of para-hydroxylation sites is 1. The lowest BCUT2D eigenvalue weighted by atomic mass is 10.1. The van der Waals surface area contributed by atoms with Gasteiger partial charge in [0.2, 0.25) is 11.8 Å². The molecule has 1 atom stereocenters. The second kappa shape index (κ2) is 7.68. The van der Waals surface area contributed by atoms with E-state index in [1.54, 1.807) is 17.0 Å². The zero-order chi connectivity index (χ0) is 19.7. The topological polar surface area (TPSA) is 65.2 Å². The summed E-state index contributed by atoms with van der Waals surface area (Å²) in [6, 6.07) is 13.4. The number of hydrogen-bond donors (Lipinski definition) is 2. The minimum Gasteiger partial charge on any atom is -0.361 e. The Hall–Kier alpha value is -2.79. The number of anilines is 1. The zero-order valence-electron chi connectivity index (χ0n) is 15.7. The maximum atomic E-state index is 12.5. The summed E-state index contributed by atoms with van der Waals surface area (Å²) in [5.74, 6) is -0.490. The summed E-state index contributed by atoms with van der Waals surface area (Å²) < 4.78 is 0. The number of nitrogens with one attached hydrogen (secondary N) is 2. The monoisotopic (exact) mass is 395 g/mol. The molecule has 2 aromatic carbocycles. The van der Waals surface area contributed by atoms with E-state index in [0.29, 0.717) is 23.8 Å². The van der Waals surface area contributed by atoms with Gasteiger partial charge in [-0.2, -0.15) is 0 Å². The normalized spacial score (nSPS) is 16.7. The molecule has 28 heavy (non-hydrogen) atoms. The predicted octanol–water partition coefficient (Wildman–Crippen LogP) is 4.16. The molecule has 5 nitrogen and oxygen atoms in total. The van der Waals surface area contributed by atoms with Crippen LogP contribution in [-0.4, -0.2) is 34.8 Å². The minimum atomic E-state index is -0.353. The van der Waals surface area contributed by atoms with Crippen molar-refractivity contribution in [3.8, 4) is 0 Å². The quantitative estimate of drug-likeness (QED) is 0.681. The average Bonchev–Trinajstić information content (AvgIpc) is 3.25. The molecule has 0 spiro atoms. The van der Waals surface area contributed by atoms with Crippen LogP contribution in [0.3, 0.4) is 0 Å². The first-order valence-electron chi connectivity index (χ1n) is 9.41. The van der Waals surface area contributed by atoms with Gasteiger partial charge in [0.1, 0.15) is 0 Å². The van der Waals surface area contributed by atoms with Crippen LogP contribution in [0.4, 0.5) is 5.69 Å². The lowest BCUT2D eigenvalue weighted by Gasteiger charge is -2.16. The Bertz CT molecular complexity index is 1040. The van der Waals surface area contributed by atoms with Crippen LogP contribution in [-0.2, 0) is 16.0 Å². The fourth-order valence-electron chi connectivity index (χ4n) is 3.72. The second-order valence-electron chi connectivity index (χ2n) is 7.32. The van der Waals surface area contributed by atoms with Crippen LogP contribution < -0.4 is 5.32 Å². The molecule has 4 rings (SSSR count). The lowest BCUT2D eigenvalue weighted by molar-refractivity contribution is -0.128. The van der Waals surface area contributed by atoms with E-state index in [1.807, 2.05) is 18.3 Å². The van der Waals surface area contributed by atoms with Gasteiger partial charge in [0.25, 0.3) is 0 Å². The number of hydrogen-bond acceptors (Lipinski definition) is 2. The fraction of sp³-hybridized carbons (Fsp3) is 0.273. The van der Waals surface area contributed by atoms with Gasteiger partial charge in [-0.3, -0.25) is 9.59 Å². The third-order valence-corrected chi connectivity index (χ3v) is 5.62. The fourth-order valence-corrected chi connectivity index (χ4v) is 3.90. The van der Waals surface area contributed by atoms with E-state index >= 15 is 0 Å². The molecule has 1 aliphatic heterocycles. The molecule has 0 bridgehead atoms. The van der Waals surface area contributed by atoms with Gasteiger partial charge in [0, 0.05) is 36.6 Å². The first kappa shape index (κ1) is 18.6. The summed E-state index contributed by atoms with van der Waals surface area (Å²) in [7, 11) is 0. The van der Waals surface area contributed by atoms with Crippen molar-refractivity contribution in [3.05, 3.63) is 64.8 Å². The molecule has 0 aliphatic carbocycles. The van der Waals surface area contributed by atoms with Crippen molar-refractivity contribution in [2.24, 2.45) is 5.92 Å². The number of aryl methyl sites for hydroxylation is 1. The van der Waals surface area contributed by atoms with Crippen molar-refractivity contribution in [1.29, 1.82) is 0 Å². The molecule has 144 valence electrons. The van der Waals surface area contributed by atoms with Gasteiger partial charge >= 0.3 is 0 Å². The number of nitrogens with zero attached hydrogens (tertiary/aromatic N) is 1. The number of aromatic nitrogens is 1. The van der Waals surface area contributed by atoms with Crippen molar-refractivity contribution in [2.45, 2.75) is 19.8 Å². The Morgan fingerprint density at radius 1 is 1.29 bits per heavy atom. The summed E-state index contributed by atoms with van der Waals surface area (Å²) in [6.45, 7) is 3.12. The second-order valence-corrected chi connectivity index (χ2v) is 7.73. The Kier molecular flexibility index (Phi) is 5.09. The highest BCUT2D eigenvalue weighted by Crippen LogP contribution is 2.25. The molecule has 2 N–H and O–H groups in total. The van der Waals surface area contributed by atoms with Crippen molar-refractivity contribution >= 4 is 40.0 Å². The highest BCUT2D eigenvalue weighted by atomic mass is 35.5. The van der Waals surface area contributed by atoms with Crippen molar-refractivity contribution in [2.75, 3.05) is 18.4 Å². The molecule has 0 radical (unpaired) electrons. The molecule has 6 heteroatoms. The lowest BCUT2D eigenvalue weighted by Crippen LogP contribution is -2.30. The maximum absolute atomic E-state index is 12.5. The number of amides is 2. The summed E-state index contributed by atoms with van der Waals surface area (Å²) in [5, 5.41) is 4.52. The summed E-state index contributed by atoms with van der Waals surface area (Å²) >= 11 is 6.10. The van der Waals surface area contributed by atoms with Crippen LogP contribution in [0.25, 0.3) is 10.9 Å². The molecule has 2 heterocycles. The summed E-state index contributed by atoms with van der Waals surface area (Å²) in [6.07, 6.45) is 3.00. The molecule has 1 saturated heterocycles. The Morgan fingerprint density at radius 2 is 2.11 bits per heavy atom. The summed E-state index contributed by atoms with van der Waals surface area (Å²) in [4.78, 5) is 30.0. The predicted molar refractivity (Wildman–Crippen MR) is 112 cm³/mol. The number of carbonyl (C=O) groups is 2. The van der Waals surface area contributed by atoms with E-state index in [1.165, 1.54) is 16.5 Å². The number of halogens is 1. The third kappa shape index (κ3) is 3.76. The van der Waals surface area contributed by atoms with Gasteiger partial charge in [-0.1, -0.05) is 35.4 Å². The van der Waals surface area contributed by atoms with Crippen molar-refractivity contribution in [3.63, 3.8) is 0 Å². The molecule has 1 unspecified atom stereocenters. The highest BCUT2D eigenvalue weighted by molar-refractivity contribution is 6.33. The van der Waals surface area contributed by atoms with Gasteiger partial charge in [-0.05, 0) is 43.2 Å². The van der Waals surface area contributed by atoms with Gasteiger partial charge in [0.15, 0.2) is 0 Å². The van der Waals surface area contributed by atoms with Crippen LogP contribution >= 0.6 is 11.6 Å². The van der Waals surface area contributed by atoms with E-state index in [9.17, 15) is 9.59 Å². The average molecular weight is 396 g/mol. The number of benzene rings is 2. The summed E-state index contributed by atoms with van der Waals surface area (Å²) in [5.41, 5.74) is 4.08.